The molecule has 106 heavy (non-hydrogen) atoms. The Morgan fingerprint density at radius 1 is 0.264 bits per heavy atom. The zero-order valence-electron chi connectivity index (χ0n) is 69.6. The average Bonchev–Trinajstić information content (AvgIpc) is 0.905. The first-order chi connectivity index (χ1) is 51.6. The average molecular weight is 1550 g/mol. The molecule has 0 spiro atoms. The van der Waals surface area contributed by atoms with Gasteiger partial charge < -0.3 is 33.8 Å². The van der Waals surface area contributed by atoms with E-state index < -0.39 is 97.5 Å². The fraction of sp³-hybridized carbons (Fsp3) is 0.954. The molecule has 19 heteroatoms. The molecule has 6 atom stereocenters. The van der Waals surface area contributed by atoms with Gasteiger partial charge in [0.25, 0.3) is 0 Å². The van der Waals surface area contributed by atoms with Crippen LogP contribution in [0.5, 0.6) is 0 Å². The molecule has 0 rings (SSSR count). The topological polar surface area (TPSA) is 237 Å². The molecule has 0 fully saturated rings. The second-order valence-corrected chi connectivity index (χ2v) is 34.4. The van der Waals surface area contributed by atoms with E-state index in [1.807, 2.05) is 0 Å². The number of unbranched alkanes of at least 4 members (excludes halogenated alkanes) is 58. The number of hydrogen-bond acceptors (Lipinski definition) is 15. The van der Waals surface area contributed by atoms with Crippen LogP contribution in [0.3, 0.4) is 0 Å². The Morgan fingerprint density at radius 2 is 0.453 bits per heavy atom. The van der Waals surface area contributed by atoms with E-state index in [0.29, 0.717) is 25.7 Å². The Hall–Kier alpha value is -1.94. The number of carbonyl (C=O) groups is 4. The van der Waals surface area contributed by atoms with E-state index in [1.54, 1.807) is 0 Å². The van der Waals surface area contributed by atoms with Crippen molar-refractivity contribution in [1.29, 1.82) is 0 Å². The van der Waals surface area contributed by atoms with Gasteiger partial charge in [-0.2, -0.15) is 0 Å². The SMILES string of the molecule is CCCCCCCCCCCCCCCCCCCCC(=O)OC[C@H](COP(=O)(O)OC[C@@H](O)COP(=O)(O)OC[C@@H](COC(=O)CCCCCCCCCC)OC(=O)CCCCCCCCCCCCCCCCCCCC)OC(=O)CCCCCCCCCCCCCCCCCCCCC(C)CC. The van der Waals surface area contributed by atoms with Gasteiger partial charge in [0.15, 0.2) is 12.2 Å². The van der Waals surface area contributed by atoms with E-state index >= 15 is 0 Å². The van der Waals surface area contributed by atoms with Crippen LogP contribution in [0.2, 0.25) is 0 Å². The molecule has 0 radical (unpaired) electrons. The molecule has 630 valence electrons. The minimum Gasteiger partial charge on any atom is -0.462 e. The van der Waals surface area contributed by atoms with Crippen LogP contribution in [0.25, 0.3) is 0 Å². The Morgan fingerprint density at radius 3 is 0.670 bits per heavy atom. The zero-order chi connectivity index (χ0) is 77.6. The van der Waals surface area contributed by atoms with Crippen molar-refractivity contribution in [3.8, 4) is 0 Å². The summed E-state index contributed by atoms with van der Waals surface area (Å²) in [7, 11) is -9.92. The maximum absolute atomic E-state index is 13.1. The van der Waals surface area contributed by atoms with Crippen molar-refractivity contribution in [3.05, 3.63) is 0 Å². The van der Waals surface area contributed by atoms with Crippen LogP contribution in [0.15, 0.2) is 0 Å². The number of ether oxygens (including phenoxy) is 4. The standard InChI is InChI=1S/C87H170O17P2/c1-6-10-13-16-19-22-24-26-28-30-35-39-43-47-51-56-61-66-71-85(90)98-77-83(104-87(92)73-68-63-58-53-49-45-41-37-33-32-34-38-42-46-50-54-59-64-69-80(5)9-4)79-102-106(95,96)100-75-81(88)74-99-105(93,94)101-78-82(76-97-84(89)70-65-60-55-21-18-15-12-8-3)103-86(91)72-67-62-57-52-48-44-40-36-31-29-27-25-23-20-17-14-11-7-2/h80-83,88H,6-79H2,1-5H3,(H,93,94)(H,95,96)/t80?,81-,82+,83+/m0/s1. The van der Waals surface area contributed by atoms with Crippen molar-refractivity contribution in [1.82, 2.24) is 0 Å². The third-order valence-corrected chi connectivity index (χ3v) is 22.8. The zero-order valence-corrected chi connectivity index (χ0v) is 71.4. The summed E-state index contributed by atoms with van der Waals surface area (Å²) in [5, 5.41) is 10.7. The molecule has 0 saturated heterocycles. The van der Waals surface area contributed by atoms with Gasteiger partial charge in [-0.15, -0.1) is 0 Å². The largest absolute Gasteiger partial charge is 0.472 e. The van der Waals surface area contributed by atoms with E-state index in [2.05, 4.69) is 34.6 Å². The first kappa shape index (κ1) is 104. The highest BCUT2D eigenvalue weighted by molar-refractivity contribution is 7.47. The minimum absolute atomic E-state index is 0.109. The molecular formula is C87H170O17P2. The predicted octanol–water partition coefficient (Wildman–Crippen LogP) is 26.8. The molecule has 3 unspecified atom stereocenters. The number of hydrogen-bond donors (Lipinski definition) is 3. The van der Waals surface area contributed by atoms with Crippen molar-refractivity contribution >= 4 is 39.5 Å². The summed E-state index contributed by atoms with van der Waals surface area (Å²) in [6.45, 7) is 7.41. The molecule has 0 aromatic rings. The second-order valence-electron chi connectivity index (χ2n) is 31.5. The van der Waals surface area contributed by atoms with Crippen molar-refractivity contribution in [2.75, 3.05) is 39.6 Å². The molecule has 0 amide bonds. The lowest BCUT2D eigenvalue weighted by molar-refractivity contribution is -0.161. The third-order valence-electron chi connectivity index (χ3n) is 20.9. The van der Waals surface area contributed by atoms with Crippen LogP contribution >= 0.6 is 15.6 Å². The smallest absolute Gasteiger partial charge is 0.462 e. The van der Waals surface area contributed by atoms with Gasteiger partial charge in [-0.1, -0.05) is 420 Å². The number of carbonyl (C=O) groups excluding carboxylic acids is 4. The summed E-state index contributed by atoms with van der Waals surface area (Å²) in [5.41, 5.74) is 0. The molecule has 0 aliphatic carbocycles. The number of aliphatic hydroxyl groups is 1. The number of esters is 4. The van der Waals surface area contributed by atoms with Gasteiger partial charge in [0.2, 0.25) is 0 Å². The number of rotatable bonds is 87. The fourth-order valence-corrected chi connectivity index (χ4v) is 15.2. The van der Waals surface area contributed by atoms with Crippen LogP contribution in [0, 0.1) is 5.92 Å². The van der Waals surface area contributed by atoms with Crippen LogP contribution in [-0.2, 0) is 65.4 Å². The fourth-order valence-electron chi connectivity index (χ4n) is 13.6. The van der Waals surface area contributed by atoms with E-state index in [-0.39, 0.29) is 25.7 Å². The Kier molecular flexibility index (Phi) is 78.2. The van der Waals surface area contributed by atoms with Crippen molar-refractivity contribution in [2.24, 2.45) is 5.92 Å². The highest BCUT2D eigenvalue weighted by Gasteiger charge is 2.30. The van der Waals surface area contributed by atoms with Crippen molar-refractivity contribution in [2.45, 2.75) is 490 Å². The Balaban J connectivity index is 5.18. The van der Waals surface area contributed by atoms with Gasteiger partial charge in [0.1, 0.15) is 19.3 Å². The van der Waals surface area contributed by atoms with E-state index in [4.69, 9.17) is 37.0 Å². The van der Waals surface area contributed by atoms with Gasteiger partial charge in [-0.3, -0.25) is 37.3 Å². The maximum atomic E-state index is 13.1. The van der Waals surface area contributed by atoms with Gasteiger partial charge >= 0.3 is 39.5 Å². The lowest BCUT2D eigenvalue weighted by Gasteiger charge is -2.21. The summed E-state index contributed by atoms with van der Waals surface area (Å²) in [5.74, 6) is -1.23. The molecular weight excluding hydrogens is 1380 g/mol. The summed E-state index contributed by atoms with van der Waals surface area (Å²) < 4.78 is 68.8. The molecule has 0 aliphatic heterocycles. The number of aliphatic hydroxyl groups excluding tert-OH is 1. The summed E-state index contributed by atoms with van der Waals surface area (Å²) in [6, 6.07) is 0. The molecule has 0 aliphatic rings. The minimum atomic E-state index is -4.96. The third kappa shape index (κ3) is 78.7. The van der Waals surface area contributed by atoms with Crippen molar-refractivity contribution in [3.63, 3.8) is 0 Å². The monoisotopic (exact) mass is 1550 g/mol. The predicted molar refractivity (Wildman–Crippen MR) is 437 cm³/mol. The van der Waals surface area contributed by atoms with Crippen LogP contribution in [0.4, 0.5) is 0 Å². The molecule has 0 heterocycles. The Labute approximate surface area is 651 Å². The number of phosphoric ester groups is 2. The summed E-state index contributed by atoms with van der Waals surface area (Å²) in [4.78, 5) is 73.1. The Bertz CT molecular complexity index is 2020. The molecule has 3 N–H and O–H groups in total. The summed E-state index contributed by atoms with van der Waals surface area (Å²) >= 11 is 0. The van der Waals surface area contributed by atoms with Crippen LogP contribution in [-0.4, -0.2) is 96.7 Å². The van der Waals surface area contributed by atoms with E-state index in [1.165, 1.54) is 295 Å². The van der Waals surface area contributed by atoms with Crippen LogP contribution in [0.1, 0.15) is 471 Å². The van der Waals surface area contributed by atoms with E-state index in [9.17, 15) is 43.2 Å². The lowest BCUT2D eigenvalue weighted by Crippen LogP contribution is -2.30. The van der Waals surface area contributed by atoms with E-state index in [0.717, 1.165) is 95.8 Å². The highest BCUT2D eigenvalue weighted by Crippen LogP contribution is 2.45. The first-order valence-electron chi connectivity index (χ1n) is 45.2. The molecule has 0 bridgehead atoms. The number of phosphoric acid groups is 2. The van der Waals surface area contributed by atoms with Crippen molar-refractivity contribution < 1.29 is 80.2 Å². The second kappa shape index (κ2) is 79.7. The van der Waals surface area contributed by atoms with Gasteiger partial charge in [-0.25, -0.2) is 9.13 Å². The van der Waals surface area contributed by atoms with Gasteiger partial charge in [0.05, 0.1) is 26.4 Å². The quantitative estimate of drug-likeness (QED) is 0.0222. The van der Waals surface area contributed by atoms with Gasteiger partial charge in [0, 0.05) is 25.7 Å². The normalized spacial score (nSPS) is 14.0. The molecule has 0 aromatic heterocycles. The molecule has 0 aromatic carbocycles. The first-order valence-corrected chi connectivity index (χ1v) is 48.2. The summed E-state index contributed by atoms with van der Waals surface area (Å²) in [6.07, 6.45) is 73.7. The lowest BCUT2D eigenvalue weighted by atomic mass is 9.99. The highest BCUT2D eigenvalue weighted by atomic mass is 31.2. The van der Waals surface area contributed by atoms with Gasteiger partial charge in [-0.05, 0) is 31.6 Å². The molecule has 17 nitrogen and oxygen atoms in total. The molecule has 0 saturated carbocycles. The maximum Gasteiger partial charge on any atom is 0.472 e. The van der Waals surface area contributed by atoms with Crippen LogP contribution < -0.4 is 0 Å².